The molecule has 2 atom stereocenters. The van der Waals surface area contributed by atoms with Crippen molar-refractivity contribution in [2.45, 2.75) is 57.1 Å². The van der Waals surface area contributed by atoms with E-state index in [1.165, 1.54) is 45.1 Å². The highest BCUT2D eigenvalue weighted by Gasteiger charge is 2.31. The number of carbonyl (C=O) groups is 2. The number of morpholine rings is 1. The number of nitrogens with one attached hydrogen (secondary N) is 2. The molecule has 2 heterocycles. The van der Waals surface area contributed by atoms with Gasteiger partial charge in [-0.25, -0.2) is 4.79 Å². The van der Waals surface area contributed by atoms with Crippen LogP contribution >= 0.6 is 0 Å². The molecule has 0 spiro atoms. The van der Waals surface area contributed by atoms with Crippen molar-refractivity contribution in [3.63, 3.8) is 0 Å². The number of ether oxygens (including phenoxy) is 1. The first kappa shape index (κ1) is 19.4. The molecule has 0 radical (unpaired) electrons. The molecular formula is C19H34N4O3. The second-order valence-corrected chi connectivity index (χ2v) is 7.90. The van der Waals surface area contributed by atoms with Gasteiger partial charge < -0.3 is 20.3 Å². The molecule has 1 aliphatic carbocycles. The van der Waals surface area contributed by atoms with Crippen LogP contribution in [0.5, 0.6) is 0 Å². The Morgan fingerprint density at radius 1 is 1.08 bits per heavy atom. The van der Waals surface area contributed by atoms with Crippen LogP contribution in [0.2, 0.25) is 0 Å². The van der Waals surface area contributed by atoms with Gasteiger partial charge in [-0.1, -0.05) is 19.3 Å². The number of carbonyl (C=O) groups excluding carboxylic acids is 2. The van der Waals surface area contributed by atoms with Crippen molar-refractivity contribution < 1.29 is 14.3 Å². The van der Waals surface area contributed by atoms with Crippen LogP contribution in [-0.2, 0) is 9.53 Å². The summed E-state index contributed by atoms with van der Waals surface area (Å²) in [4.78, 5) is 28.5. The summed E-state index contributed by atoms with van der Waals surface area (Å²) in [6.45, 7) is 4.32. The van der Waals surface area contributed by atoms with Crippen LogP contribution in [0.4, 0.5) is 4.79 Å². The lowest BCUT2D eigenvalue weighted by Crippen LogP contribution is -2.54. The van der Waals surface area contributed by atoms with Gasteiger partial charge in [0.25, 0.3) is 5.91 Å². The van der Waals surface area contributed by atoms with E-state index in [0.717, 1.165) is 18.9 Å². The predicted octanol–water partition coefficient (Wildman–Crippen LogP) is 1.19. The van der Waals surface area contributed by atoms with Gasteiger partial charge in [0.2, 0.25) is 0 Å². The topological polar surface area (TPSA) is 73.9 Å². The number of nitrogens with zero attached hydrogens (tertiary/aromatic N) is 2. The Morgan fingerprint density at radius 3 is 2.65 bits per heavy atom. The normalized spacial score (nSPS) is 28.1. The van der Waals surface area contributed by atoms with E-state index in [2.05, 4.69) is 15.5 Å². The second-order valence-electron chi connectivity index (χ2n) is 7.90. The van der Waals surface area contributed by atoms with Gasteiger partial charge in [0.15, 0.2) is 6.10 Å². The Morgan fingerprint density at radius 2 is 1.88 bits per heavy atom. The average molecular weight is 367 g/mol. The van der Waals surface area contributed by atoms with Gasteiger partial charge in [-0.2, -0.15) is 0 Å². The number of likely N-dealkylation sites (N-methyl/N-ethyl adjacent to an activating group) is 1. The van der Waals surface area contributed by atoms with Crippen molar-refractivity contribution in [1.82, 2.24) is 20.4 Å². The SMILES string of the molecule is CNC(=O)C1CN(C(=O)NCC2CCCN2CC2CCCCC2)CCO1. The average Bonchev–Trinajstić information content (AvgIpc) is 3.13. The van der Waals surface area contributed by atoms with E-state index in [0.29, 0.717) is 32.3 Å². The second kappa shape index (κ2) is 9.55. The molecule has 0 bridgehead atoms. The first-order valence-electron chi connectivity index (χ1n) is 10.3. The largest absolute Gasteiger partial charge is 0.365 e. The number of urea groups is 1. The third-order valence-electron chi connectivity index (χ3n) is 6.10. The molecule has 0 aromatic carbocycles. The van der Waals surface area contributed by atoms with Crippen LogP contribution in [0.15, 0.2) is 0 Å². The van der Waals surface area contributed by atoms with Crippen LogP contribution in [0.1, 0.15) is 44.9 Å². The highest BCUT2D eigenvalue weighted by molar-refractivity contribution is 5.82. The van der Waals surface area contributed by atoms with Gasteiger partial charge in [0.1, 0.15) is 0 Å². The summed E-state index contributed by atoms with van der Waals surface area (Å²) in [6, 6.07) is 0.378. The van der Waals surface area contributed by atoms with Gasteiger partial charge in [0, 0.05) is 32.7 Å². The van der Waals surface area contributed by atoms with Crippen molar-refractivity contribution in [3.05, 3.63) is 0 Å². The van der Waals surface area contributed by atoms with E-state index in [4.69, 9.17) is 4.74 Å². The van der Waals surface area contributed by atoms with Crippen LogP contribution in [-0.4, -0.2) is 80.3 Å². The van der Waals surface area contributed by atoms with Crippen molar-refractivity contribution >= 4 is 11.9 Å². The lowest BCUT2D eigenvalue weighted by molar-refractivity contribution is -0.136. The van der Waals surface area contributed by atoms with Crippen molar-refractivity contribution in [1.29, 1.82) is 0 Å². The zero-order valence-electron chi connectivity index (χ0n) is 16.0. The molecule has 2 aliphatic heterocycles. The molecule has 3 rings (SSSR count). The summed E-state index contributed by atoms with van der Waals surface area (Å²) < 4.78 is 5.45. The standard InChI is InChI=1S/C19H34N4O3/c1-20-18(24)17-14-23(10-11-26-17)19(25)21-12-16-8-5-9-22(16)13-15-6-3-2-4-7-15/h15-17H,2-14H2,1H3,(H,20,24)(H,21,25). The summed E-state index contributed by atoms with van der Waals surface area (Å²) in [5.74, 6) is 0.671. The maximum absolute atomic E-state index is 12.5. The number of likely N-dealkylation sites (tertiary alicyclic amines) is 1. The van der Waals surface area contributed by atoms with Crippen LogP contribution < -0.4 is 10.6 Å². The first-order valence-corrected chi connectivity index (χ1v) is 10.3. The highest BCUT2D eigenvalue weighted by atomic mass is 16.5. The number of hydrogen-bond donors (Lipinski definition) is 2. The molecule has 2 unspecified atom stereocenters. The third-order valence-corrected chi connectivity index (χ3v) is 6.10. The molecule has 2 N–H and O–H groups in total. The zero-order chi connectivity index (χ0) is 18.4. The quantitative estimate of drug-likeness (QED) is 0.766. The summed E-state index contributed by atoms with van der Waals surface area (Å²) in [5.41, 5.74) is 0. The molecule has 3 aliphatic rings. The molecule has 26 heavy (non-hydrogen) atoms. The zero-order valence-corrected chi connectivity index (χ0v) is 16.0. The van der Waals surface area contributed by atoms with Gasteiger partial charge >= 0.3 is 6.03 Å². The van der Waals surface area contributed by atoms with E-state index in [1.54, 1.807) is 11.9 Å². The fraction of sp³-hybridized carbons (Fsp3) is 0.895. The van der Waals surface area contributed by atoms with Gasteiger partial charge in [-0.05, 0) is 38.1 Å². The lowest BCUT2D eigenvalue weighted by Gasteiger charge is -2.33. The summed E-state index contributed by atoms with van der Waals surface area (Å²) in [6.07, 6.45) is 8.71. The van der Waals surface area contributed by atoms with Crippen LogP contribution in [0.25, 0.3) is 0 Å². The molecule has 3 amide bonds. The number of rotatable bonds is 5. The van der Waals surface area contributed by atoms with Crippen molar-refractivity contribution in [2.24, 2.45) is 5.92 Å². The molecule has 1 saturated carbocycles. The molecule has 0 aromatic heterocycles. The molecular weight excluding hydrogens is 332 g/mol. The Bertz CT molecular complexity index is 481. The van der Waals surface area contributed by atoms with Crippen molar-refractivity contribution in [2.75, 3.05) is 46.4 Å². The minimum absolute atomic E-state index is 0.0771. The number of hydrogen-bond acceptors (Lipinski definition) is 4. The fourth-order valence-corrected chi connectivity index (χ4v) is 4.54. The van der Waals surface area contributed by atoms with E-state index in [9.17, 15) is 9.59 Å². The summed E-state index contributed by atoms with van der Waals surface area (Å²) in [5, 5.41) is 5.68. The maximum Gasteiger partial charge on any atom is 0.317 e. The Kier molecular flexibility index (Phi) is 7.14. The van der Waals surface area contributed by atoms with E-state index in [-0.39, 0.29) is 11.9 Å². The molecule has 0 aromatic rings. The van der Waals surface area contributed by atoms with Gasteiger partial charge in [0.05, 0.1) is 13.2 Å². The van der Waals surface area contributed by atoms with Crippen LogP contribution in [0, 0.1) is 5.92 Å². The number of amides is 3. The van der Waals surface area contributed by atoms with Crippen LogP contribution in [0.3, 0.4) is 0 Å². The van der Waals surface area contributed by atoms with E-state index < -0.39 is 6.10 Å². The predicted molar refractivity (Wildman–Crippen MR) is 99.9 cm³/mol. The molecule has 3 fully saturated rings. The fourth-order valence-electron chi connectivity index (χ4n) is 4.54. The maximum atomic E-state index is 12.5. The Balaban J connectivity index is 1.43. The van der Waals surface area contributed by atoms with E-state index >= 15 is 0 Å². The monoisotopic (exact) mass is 366 g/mol. The molecule has 2 saturated heterocycles. The minimum atomic E-state index is -0.561. The molecule has 148 valence electrons. The third kappa shape index (κ3) is 5.10. The Hall–Kier alpha value is -1.34. The highest BCUT2D eigenvalue weighted by Crippen LogP contribution is 2.27. The molecule has 7 heteroatoms. The lowest BCUT2D eigenvalue weighted by atomic mass is 9.89. The first-order chi connectivity index (χ1) is 12.7. The Labute approximate surface area is 156 Å². The van der Waals surface area contributed by atoms with Gasteiger partial charge in [-0.15, -0.1) is 0 Å². The van der Waals surface area contributed by atoms with E-state index in [1.807, 2.05) is 0 Å². The summed E-state index contributed by atoms with van der Waals surface area (Å²) >= 11 is 0. The molecule has 7 nitrogen and oxygen atoms in total. The smallest absolute Gasteiger partial charge is 0.317 e. The van der Waals surface area contributed by atoms with Crippen molar-refractivity contribution in [3.8, 4) is 0 Å². The minimum Gasteiger partial charge on any atom is -0.365 e. The summed E-state index contributed by atoms with van der Waals surface area (Å²) in [7, 11) is 1.59. The van der Waals surface area contributed by atoms with Gasteiger partial charge in [-0.3, -0.25) is 9.69 Å².